The first-order valence-corrected chi connectivity index (χ1v) is 13.9. The maximum Gasteiger partial charge on any atom is 0.308 e. The van der Waals surface area contributed by atoms with Crippen molar-refractivity contribution in [1.29, 1.82) is 0 Å². The standard InChI is InChI=1S/C24H23Cl2NO4S2/c1-33(30,31)24(21-11-10-20(32-21)12-22(28)29)17-13-27(14-17)23(15-2-6-18(25)7-3-15)16-4-8-19(26)9-5-16/h2-11,17,23-24H,12-14H2,1H3,(H,28,29). The predicted molar refractivity (Wildman–Crippen MR) is 133 cm³/mol. The monoisotopic (exact) mass is 523 g/mol. The van der Waals surface area contributed by atoms with E-state index < -0.39 is 21.1 Å². The summed E-state index contributed by atoms with van der Waals surface area (Å²) in [6.45, 7) is 1.19. The first kappa shape index (κ1) is 24.2. The molecule has 4 rings (SSSR count). The van der Waals surface area contributed by atoms with Crippen LogP contribution < -0.4 is 0 Å². The Morgan fingerprint density at radius 2 is 1.52 bits per heavy atom. The second-order valence-electron chi connectivity index (χ2n) is 8.34. The van der Waals surface area contributed by atoms with E-state index >= 15 is 0 Å². The van der Waals surface area contributed by atoms with Crippen LogP contribution in [0.3, 0.4) is 0 Å². The molecule has 2 heterocycles. The fourth-order valence-electron chi connectivity index (χ4n) is 4.44. The number of benzene rings is 2. The van der Waals surface area contributed by atoms with Crippen molar-refractivity contribution in [3.05, 3.63) is 91.6 Å². The van der Waals surface area contributed by atoms with Crippen molar-refractivity contribution < 1.29 is 18.3 Å². The summed E-state index contributed by atoms with van der Waals surface area (Å²) in [4.78, 5) is 14.6. The number of carboxylic acid groups (broad SMARTS) is 1. The van der Waals surface area contributed by atoms with Crippen molar-refractivity contribution in [2.24, 2.45) is 5.92 Å². The summed E-state index contributed by atoms with van der Waals surface area (Å²) in [5.41, 5.74) is 2.13. The molecule has 174 valence electrons. The maximum absolute atomic E-state index is 12.7. The minimum absolute atomic E-state index is 0.0538. The molecule has 0 bridgehead atoms. The zero-order valence-corrected chi connectivity index (χ0v) is 21.0. The number of sulfone groups is 1. The molecule has 1 fully saturated rings. The fraction of sp³-hybridized carbons (Fsp3) is 0.292. The third-order valence-electron chi connectivity index (χ3n) is 5.85. The highest BCUT2D eigenvalue weighted by Crippen LogP contribution is 2.43. The van der Waals surface area contributed by atoms with Crippen molar-refractivity contribution in [3.63, 3.8) is 0 Å². The molecule has 1 N–H and O–H groups in total. The van der Waals surface area contributed by atoms with E-state index in [0.717, 1.165) is 11.1 Å². The van der Waals surface area contributed by atoms with Crippen LogP contribution in [0.15, 0.2) is 60.7 Å². The Morgan fingerprint density at radius 1 is 1.00 bits per heavy atom. The lowest BCUT2D eigenvalue weighted by molar-refractivity contribution is -0.136. The van der Waals surface area contributed by atoms with Crippen molar-refractivity contribution in [1.82, 2.24) is 4.90 Å². The molecule has 2 aromatic carbocycles. The van der Waals surface area contributed by atoms with Gasteiger partial charge in [-0.1, -0.05) is 47.5 Å². The molecule has 0 spiro atoms. The number of hydrogen-bond donors (Lipinski definition) is 1. The second kappa shape index (κ2) is 9.76. The number of hydrogen-bond acceptors (Lipinski definition) is 5. The average molecular weight is 524 g/mol. The average Bonchev–Trinajstić information content (AvgIpc) is 3.14. The molecule has 3 aromatic rings. The van der Waals surface area contributed by atoms with Crippen LogP contribution in [-0.4, -0.2) is 43.7 Å². The highest BCUT2D eigenvalue weighted by atomic mass is 35.5. The Morgan fingerprint density at radius 3 is 1.97 bits per heavy atom. The summed E-state index contributed by atoms with van der Waals surface area (Å²) in [7, 11) is -3.38. The summed E-state index contributed by atoms with van der Waals surface area (Å²) < 4.78 is 25.5. The lowest BCUT2D eigenvalue weighted by Gasteiger charge is -2.47. The molecular weight excluding hydrogens is 501 g/mol. The molecule has 0 radical (unpaired) electrons. The van der Waals surface area contributed by atoms with Gasteiger partial charge in [0.2, 0.25) is 0 Å². The molecule has 1 atom stereocenters. The quantitative estimate of drug-likeness (QED) is 0.422. The van der Waals surface area contributed by atoms with E-state index in [2.05, 4.69) is 4.90 Å². The molecular formula is C24H23Cl2NO4S2. The van der Waals surface area contributed by atoms with E-state index in [1.54, 1.807) is 12.1 Å². The number of carbonyl (C=O) groups is 1. The predicted octanol–water partition coefficient (Wildman–Crippen LogP) is 5.49. The summed E-state index contributed by atoms with van der Waals surface area (Å²) in [5, 5.41) is 9.71. The lowest BCUT2D eigenvalue weighted by Crippen LogP contribution is -2.52. The number of carboxylic acids is 1. The Balaban J connectivity index is 1.60. The zero-order chi connectivity index (χ0) is 23.8. The van der Waals surface area contributed by atoms with Gasteiger partial charge in [-0.2, -0.15) is 0 Å². The molecule has 1 unspecified atom stereocenters. The Hall–Kier alpha value is -1.90. The SMILES string of the molecule is CS(=O)(=O)C(c1ccc(CC(=O)O)s1)C1CN(C(c2ccc(Cl)cc2)c2ccc(Cl)cc2)C1. The second-order valence-corrected chi connectivity index (χ2v) is 12.6. The van der Waals surface area contributed by atoms with Crippen LogP contribution in [0.5, 0.6) is 0 Å². The van der Waals surface area contributed by atoms with E-state index in [1.807, 2.05) is 48.5 Å². The maximum atomic E-state index is 12.7. The lowest BCUT2D eigenvalue weighted by atomic mass is 9.88. The highest BCUT2D eigenvalue weighted by molar-refractivity contribution is 7.91. The number of thiophene rings is 1. The van der Waals surface area contributed by atoms with E-state index in [1.165, 1.54) is 17.6 Å². The van der Waals surface area contributed by atoms with E-state index in [4.69, 9.17) is 28.3 Å². The van der Waals surface area contributed by atoms with Gasteiger partial charge >= 0.3 is 5.97 Å². The van der Waals surface area contributed by atoms with Gasteiger partial charge in [0.15, 0.2) is 9.84 Å². The van der Waals surface area contributed by atoms with Crippen LogP contribution in [-0.2, 0) is 21.1 Å². The molecule has 1 aliphatic rings. The van der Waals surface area contributed by atoms with Crippen LogP contribution in [0, 0.1) is 5.92 Å². The third kappa shape index (κ3) is 5.61. The summed E-state index contributed by atoms with van der Waals surface area (Å²) in [5.74, 6) is -1.01. The molecule has 9 heteroatoms. The smallest absolute Gasteiger partial charge is 0.308 e. The van der Waals surface area contributed by atoms with Crippen molar-refractivity contribution in [2.75, 3.05) is 19.3 Å². The fourth-order valence-corrected chi connectivity index (χ4v) is 7.81. The van der Waals surface area contributed by atoms with Gasteiger partial charge in [0.05, 0.1) is 12.5 Å². The van der Waals surface area contributed by atoms with Gasteiger partial charge in [0.1, 0.15) is 5.25 Å². The van der Waals surface area contributed by atoms with Gasteiger partial charge in [-0.05, 0) is 47.5 Å². The van der Waals surface area contributed by atoms with Gasteiger partial charge in [-0.25, -0.2) is 8.42 Å². The van der Waals surface area contributed by atoms with Crippen LogP contribution in [0.25, 0.3) is 0 Å². The Bertz CT molecular complexity index is 1190. The number of rotatable bonds is 8. The summed E-state index contributed by atoms with van der Waals surface area (Å²) >= 11 is 13.5. The normalized spacial score (nSPS) is 16.0. The highest BCUT2D eigenvalue weighted by Gasteiger charge is 2.43. The van der Waals surface area contributed by atoms with E-state index in [0.29, 0.717) is 32.9 Å². The van der Waals surface area contributed by atoms with Crippen molar-refractivity contribution in [3.8, 4) is 0 Å². The topological polar surface area (TPSA) is 74.7 Å². The van der Waals surface area contributed by atoms with Gasteiger partial charge < -0.3 is 5.11 Å². The van der Waals surface area contributed by atoms with Crippen LogP contribution >= 0.6 is 34.5 Å². The first-order chi connectivity index (χ1) is 15.6. The Labute approximate surface area is 207 Å². The van der Waals surface area contributed by atoms with Gasteiger partial charge in [0.25, 0.3) is 0 Å². The van der Waals surface area contributed by atoms with Crippen LogP contribution in [0.2, 0.25) is 10.0 Å². The van der Waals surface area contributed by atoms with Crippen LogP contribution in [0.4, 0.5) is 0 Å². The number of aliphatic carboxylic acids is 1. The summed E-state index contributed by atoms with van der Waals surface area (Å²) in [6.07, 6.45) is 1.15. The van der Waals surface area contributed by atoms with Crippen molar-refractivity contribution in [2.45, 2.75) is 17.7 Å². The molecule has 0 saturated carbocycles. The minimum Gasteiger partial charge on any atom is -0.481 e. The zero-order valence-electron chi connectivity index (χ0n) is 17.8. The molecule has 0 aliphatic carbocycles. The van der Waals surface area contributed by atoms with Gasteiger partial charge in [-0.15, -0.1) is 11.3 Å². The number of halogens is 2. The molecule has 0 amide bonds. The number of nitrogens with zero attached hydrogens (tertiary/aromatic N) is 1. The van der Waals surface area contributed by atoms with Crippen molar-refractivity contribution >= 4 is 50.3 Å². The first-order valence-electron chi connectivity index (χ1n) is 10.4. The largest absolute Gasteiger partial charge is 0.481 e. The minimum atomic E-state index is -3.38. The van der Waals surface area contributed by atoms with Gasteiger partial charge in [0, 0.05) is 45.1 Å². The molecule has 33 heavy (non-hydrogen) atoms. The van der Waals surface area contributed by atoms with E-state index in [-0.39, 0.29) is 18.4 Å². The molecule has 1 aliphatic heterocycles. The van der Waals surface area contributed by atoms with Crippen LogP contribution in [0.1, 0.15) is 32.2 Å². The molecule has 1 saturated heterocycles. The Kier molecular flexibility index (Phi) is 7.17. The molecule has 1 aromatic heterocycles. The van der Waals surface area contributed by atoms with Gasteiger partial charge in [-0.3, -0.25) is 9.69 Å². The third-order valence-corrected chi connectivity index (χ3v) is 9.24. The summed E-state index contributed by atoms with van der Waals surface area (Å²) in [6, 6.07) is 18.8. The molecule has 5 nitrogen and oxygen atoms in total. The van der Waals surface area contributed by atoms with E-state index in [9.17, 15) is 13.2 Å². The number of likely N-dealkylation sites (tertiary alicyclic amines) is 1.